The third-order valence-electron chi connectivity index (χ3n) is 2.71. The third kappa shape index (κ3) is 3.00. The Morgan fingerprint density at radius 2 is 1.95 bits per heavy atom. The minimum Gasteiger partial charge on any atom is -0.479 e. The van der Waals surface area contributed by atoms with Crippen LogP contribution in [0.25, 0.3) is 11.5 Å². The number of aromatic hydroxyl groups is 1. The van der Waals surface area contributed by atoms with Crippen molar-refractivity contribution in [3.8, 4) is 17.4 Å². The summed E-state index contributed by atoms with van der Waals surface area (Å²) in [6, 6.07) is 12.9. The second kappa shape index (κ2) is 5.88. The molecule has 0 atom stereocenters. The molecule has 0 fully saturated rings. The first-order valence-electron chi connectivity index (χ1n) is 6.14. The number of aromatic nitrogens is 2. The molecule has 6 heteroatoms. The lowest BCUT2D eigenvalue weighted by atomic mass is 10.2. The summed E-state index contributed by atoms with van der Waals surface area (Å²) in [6.07, 6.45) is 3.06. The van der Waals surface area contributed by atoms with E-state index in [-0.39, 0.29) is 11.6 Å². The Hall–Kier alpha value is -2.47. The molecule has 0 amide bonds. The smallest absolute Gasteiger partial charge is 0.312 e. The van der Waals surface area contributed by atoms with Gasteiger partial charge in [-0.25, -0.2) is 15.0 Å². The molecule has 2 heterocycles. The van der Waals surface area contributed by atoms with Crippen LogP contribution in [0.5, 0.6) is 5.95 Å². The summed E-state index contributed by atoms with van der Waals surface area (Å²) in [5.74, 6) is 0.574. The zero-order valence-corrected chi connectivity index (χ0v) is 12.4. The van der Waals surface area contributed by atoms with Crippen molar-refractivity contribution in [1.82, 2.24) is 9.97 Å². The molecule has 5 nitrogen and oxygen atoms in total. The Kier molecular flexibility index (Phi) is 3.79. The largest absolute Gasteiger partial charge is 0.479 e. The van der Waals surface area contributed by atoms with Crippen molar-refractivity contribution in [2.75, 3.05) is 0 Å². The monoisotopic (exact) mass is 343 g/mol. The predicted molar refractivity (Wildman–Crippen MR) is 82.8 cm³/mol. The van der Waals surface area contributed by atoms with E-state index >= 15 is 0 Å². The fourth-order valence-electron chi connectivity index (χ4n) is 1.72. The predicted octanol–water partition coefficient (Wildman–Crippen LogP) is 3.96. The van der Waals surface area contributed by atoms with Crippen LogP contribution in [0.1, 0.15) is 5.69 Å². The Bertz CT molecular complexity index is 785. The lowest BCUT2D eigenvalue weighted by Gasteiger charge is -1.96. The zero-order valence-electron chi connectivity index (χ0n) is 10.8. The van der Waals surface area contributed by atoms with E-state index in [1.165, 1.54) is 6.21 Å². The molecule has 2 aromatic heterocycles. The molecule has 3 aromatic rings. The van der Waals surface area contributed by atoms with E-state index in [1.807, 2.05) is 30.3 Å². The van der Waals surface area contributed by atoms with E-state index in [4.69, 9.17) is 4.42 Å². The topological polar surface area (TPSA) is 71.5 Å². The number of halogens is 1. The van der Waals surface area contributed by atoms with Gasteiger partial charge in [0.1, 0.15) is 0 Å². The van der Waals surface area contributed by atoms with Gasteiger partial charge >= 0.3 is 5.95 Å². The molecule has 0 aliphatic rings. The van der Waals surface area contributed by atoms with Crippen LogP contribution in [0.4, 0.5) is 5.82 Å². The van der Waals surface area contributed by atoms with Crippen molar-refractivity contribution in [3.05, 3.63) is 58.8 Å². The van der Waals surface area contributed by atoms with Gasteiger partial charge in [-0.2, -0.15) is 0 Å². The van der Waals surface area contributed by atoms with Gasteiger partial charge in [-0.3, -0.25) is 0 Å². The van der Waals surface area contributed by atoms with Crippen LogP contribution in [-0.2, 0) is 0 Å². The number of pyridine rings is 1. The number of hydrogen-bond acceptors (Lipinski definition) is 5. The van der Waals surface area contributed by atoms with Crippen molar-refractivity contribution >= 4 is 28.0 Å². The number of nitrogens with zero attached hydrogens (tertiary/aromatic N) is 3. The summed E-state index contributed by atoms with van der Waals surface area (Å²) in [5, 5.41) is 9.81. The van der Waals surface area contributed by atoms with E-state index in [0.29, 0.717) is 11.7 Å². The van der Waals surface area contributed by atoms with Gasteiger partial charge in [0.2, 0.25) is 5.89 Å². The van der Waals surface area contributed by atoms with Crippen LogP contribution < -0.4 is 0 Å². The Morgan fingerprint density at radius 1 is 1.14 bits per heavy atom. The van der Waals surface area contributed by atoms with Crippen molar-refractivity contribution < 1.29 is 9.52 Å². The first kappa shape index (κ1) is 13.5. The van der Waals surface area contributed by atoms with Crippen molar-refractivity contribution in [2.24, 2.45) is 4.99 Å². The van der Waals surface area contributed by atoms with Crippen molar-refractivity contribution in [1.29, 1.82) is 0 Å². The number of benzene rings is 1. The highest BCUT2D eigenvalue weighted by molar-refractivity contribution is 9.10. The summed E-state index contributed by atoms with van der Waals surface area (Å²) in [6.45, 7) is 0. The maximum Gasteiger partial charge on any atom is 0.312 e. The Labute approximate surface area is 129 Å². The van der Waals surface area contributed by atoms with Gasteiger partial charge in [-0.15, -0.1) is 0 Å². The van der Waals surface area contributed by atoms with Crippen molar-refractivity contribution in [3.63, 3.8) is 0 Å². The number of oxazole rings is 1. The lowest BCUT2D eigenvalue weighted by Crippen LogP contribution is -1.84. The number of aliphatic imine (C=N–C) groups is 1. The molecule has 3 rings (SSSR count). The van der Waals surface area contributed by atoms with Crippen LogP contribution in [-0.4, -0.2) is 21.3 Å². The molecular weight excluding hydrogens is 334 g/mol. The Morgan fingerprint density at radius 3 is 2.71 bits per heavy atom. The van der Waals surface area contributed by atoms with Crippen LogP contribution in [0.2, 0.25) is 0 Å². The molecule has 0 radical (unpaired) electrons. The summed E-state index contributed by atoms with van der Waals surface area (Å²) in [7, 11) is 0. The zero-order chi connectivity index (χ0) is 14.7. The summed E-state index contributed by atoms with van der Waals surface area (Å²) >= 11 is 3.42. The van der Waals surface area contributed by atoms with Gasteiger partial charge < -0.3 is 9.52 Å². The average Bonchev–Trinajstić information content (AvgIpc) is 2.88. The lowest BCUT2D eigenvalue weighted by molar-refractivity contribution is 0.337. The van der Waals surface area contributed by atoms with Gasteiger partial charge in [0.15, 0.2) is 11.5 Å². The molecule has 0 spiro atoms. The highest BCUT2D eigenvalue weighted by atomic mass is 79.9. The number of rotatable bonds is 3. The fraction of sp³-hybridized carbons (Fsp3) is 0. The number of hydrogen-bond donors (Lipinski definition) is 1. The third-order valence-corrected chi connectivity index (χ3v) is 3.40. The second-order valence-electron chi connectivity index (χ2n) is 4.14. The SMILES string of the molecule is Oc1oc(-c2ccccc2Br)nc1/C=N/c1ccccn1. The van der Waals surface area contributed by atoms with Gasteiger partial charge in [0.05, 0.1) is 11.8 Å². The van der Waals surface area contributed by atoms with Gasteiger partial charge in [-0.05, 0) is 40.2 Å². The quantitative estimate of drug-likeness (QED) is 0.730. The summed E-state index contributed by atoms with van der Waals surface area (Å²) < 4.78 is 6.11. The molecule has 104 valence electrons. The first-order valence-corrected chi connectivity index (χ1v) is 6.93. The molecule has 0 saturated carbocycles. The minimum atomic E-state index is -0.277. The summed E-state index contributed by atoms with van der Waals surface area (Å²) in [5.41, 5.74) is 1.01. The van der Waals surface area contributed by atoms with E-state index in [2.05, 4.69) is 30.9 Å². The molecule has 0 bridgehead atoms. The average molecular weight is 344 g/mol. The first-order chi connectivity index (χ1) is 10.2. The second-order valence-corrected chi connectivity index (χ2v) is 4.99. The molecule has 21 heavy (non-hydrogen) atoms. The van der Waals surface area contributed by atoms with E-state index < -0.39 is 0 Å². The van der Waals surface area contributed by atoms with Crippen LogP contribution in [0.15, 0.2) is 62.5 Å². The molecule has 0 aliphatic carbocycles. The van der Waals surface area contributed by atoms with Crippen molar-refractivity contribution in [2.45, 2.75) is 0 Å². The van der Waals surface area contributed by atoms with Crippen LogP contribution >= 0.6 is 15.9 Å². The molecular formula is C15H10BrN3O2. The molecule has 0 saturated heterocycles. The minimum absolute atomic E-state index is 0.256. The highest BCUT2D eigenvalue weighted by Crippen LogP contribution is 2.30. The van der Waals surface area contributed by atoms with Gasteiger partial charge in [-0.1, -0.05) is 18.2 Å². The van der Waals surface area contributed by atoms with E-state index in [0.717, 1.165) is 10.0 Å². The van der Waals surface area contributed by atoms with Gasteiger partial charge in [0, 0.05) is 10.7 Å². The van der Waals surface area contributed by atoms with E-state index in [9.17, 15) is 5.11 Å². The van der Waals surface area contributed by atoms with Gasteiger partial charge in [0.25, 0.3) is 0 Å². The maximum atomic E-state index is 9.81. The summed E-state index contributed by atoms with van der Waals surface area (Å²) in [4.78, 5) is 12.4. The fourth-order valence-corrected chi connectivity index (χ4v) is 2.17. The normalized spacial score (nSPS) is 11.1. The van der Waals surface area contributed by atoms with Crippen LogP contribution in [0, 0.1) is 0 Å². The Balaban J connectivity index is 1.92. The molecule has 1 aromatic carbocycles. The van der Waals surface area contributed by atoms with E-state index in [1.54, 1.807) is 18.3 Å². The maximum absolute atomic E-state index is 9.81. The standard InChI is InChI=1S/C15H10BrN3O2/c16-11-6-2-1-5-10(11)14-19-12(15(20)21-14)9-18-13-7-3-4-8-17-13/h1-9,20H/b18-9+. The molecule has 0 unspecified atom stereocenters. The highest BCUT2D eigenvalue weighted by Gasteiger charge is 2.14. The molecule has 1 N–H and O–H groups in total. The van der Waals surface area contributed by atoms with Crippen LogP contribution in [0.3, 0.4) is 0 Å². The molecule has 0 aliphatic heterocycles.